The van der Waals surface area contributed by atoms with Crippen LogP contribution in [0, 0.1) is 5.92 Å². The number of carbonyl (C=O) groups excluding carboxylic acids is 1. The van der Waals surface area contributed by atoms with Crippen molar-refractivity contribution in [2.45, 2.75) is 38.5 Å². The number of ether oxygens (including phenoxy) is 2. The van der Waals surface area contributed by atoms with Crippen molar-refractivity contribution in [3.05, 3.63) is 53.1 Å². The number of hydrogen-bond donors (Lipinski definition) is 2. The van der Waals surface area contributed by atoms with Crippen LogP contribution in [-0.2, 0) is 10.2 Å². The van der Waals surface area contributed by atoms with E-state index in [1.165, 1.54) is 31.6 Å². The van der Waals surface area contributed by atoms with Gasteiger partial charge in [0.2, 0.25) is 11.7 Å². The van der Waals surface area contributed by atoms with Crippen molar-refractivity contribution in [1.29, 1.82) is 0 Å². The summed E-state index contributed by atoms with van der Waals surface area (Å²) in [5.41, 5.74) is 5.84. The molecule has 6 nitrogen and oxygen atoms in total. The van der Waals surface area contributed by atoms with Gasteiger partial charge in [-0.15, -0.1) is 0 Å². The number of carbonyl (C=O) groups is 1. The van der Waals surface area contributed by atoms with Crippen molar-refractivity contribution in [2.24, 2.45) is 11.0 Å². The molecule has 1 fully saturated rings. The van der Waals surface area contributed by atoms with Gasteiger partial charge in [-0.3, -0.25) is 4.79 Å². The largest absolute Gasteiger partial charge is 0.502 e. The van der Waals surface area contributed by atoms with Crippen LogP contribution in [0.5, 0.6) is 17.2 Å². The minimum absolute atomic E-state index is 0.0588. The van der Waals surface area contributed by atoms with Crippen LogP contribution in [0.4, 0.5) is 0 Å². The quantitative estimate of drug-likeness (QED) is 0.572. The summed E-state index contributed by atoms with van der Waals surface area (Å²) >= 11 is 0. The third-order valence-electron chi connectivity index (χ3n) is 5.22. The van der Waals surface area contributed by atoms with E-state index in [9.17, 15) is 9.90 Å². The first-order chi connectivity index (χ1) is 13.7. The van der Waals surface area contributed by atoms with Crippen LogP contribution in [0.1, 0.15) is 49.8 Å². The molecule has 1 saturated carbocycles. The van der Waals surface area contributed by atoms with Gasteiger partial charge in [0.1, 0.15) is 0 Å². The number of nitrogens with one attached hydrogen (secondary N) is 1. The van der Waals surface area contributed by atoms with E-state index in [0.717, 1.165) is 6.42 Å². The molecule has 29 heavy (non-hydrogen) atoms. The fraction of sp³-hybridized carbons (Fsp3) is 0.391. The normalized spacial score (nSPS) is 18.5. The summed E-state index contributed by atoms with van der Waals surface area (Å²) in [6.45, 7) is 6.56. The second-order valence-electron chi connectivity index (χ2n) is 8.33. The molecule has 0 aliphatic heterocycles. The van der Waals surface area contributed by atoms with E-state index in [2.05, 4.69) is 55.6 Å². The van der Waals surface area contributed by atoms with Crippen molar-refractivity contribution >= 4 is 12.1 Å². The zero-order valence-corrected chi connectivity index (χ0v) is 17.5. The molecule has 2 aromatic rings. The second-order valence-corrected chi connectivity index (χ2v) is 8.33. The Bertz CT molecular complexity index is 888. The summed E-state index contributed by atoms with van der Waals surface area (Å²) in [6, 6.07) is 11.8. The summed E-state index contributed by atoms with van der Waals surface area (Å²) in [6.07, 6.45) is 2.33. The number of phenolic OH excluding ortho intramolecular Hbond substituents is 1. The molecule has 1 aliphatic rings. The molecule has 154 valence electrons. The monoisotopic (exact) mass is 396 g/mol. The first kappa shape index (κ1) is 20.7. The average molecular weight is 396 g/mol. The minimum Gasteiger partial charge on any atom is -0.502 e. The van der Waals surface area contributed by atoms with Gasteiger partial charge < -0.3 is 14.6 Å². The zero-order valence-electron chi connectivity index (χ0n) is 17.5. The van der Waals surface area contributed by atoms with Crippen LogP contribution in [0.3, 0.4) is 0 Å². The Morgan fingerprint density at radius 2 is 1.72 bits per heavy atom. The molecule has 6 heteroatoms. The lowest BCUT2D eigenvalue weighted by atomic mass is 9.86. The molecule has 3 rings (SSSR count). The molecule has 1 aliphatic carbocycles. The van der Waals surface area contributed by atoms with E-state index in [0.29, 0.717) is 5.56 Å². The molecular weight excluding hydrogens is 368 g/mol. The molecule has 2 N–H and O–H groups in total. The number of phenols is 1. The first-order valence-electron chi connectivity index (χ1n) is 9.63. The van der Waals surface area contributed by atoms with E-state index in [-0.39, 0.29) is 40.4 Å². The minimum atomic E-state index is -0.0937. The SMILES string of the molecule is COc1cc(/C=N\NC(=O)C2CC2c2ccc(C(C)(C)C)cc2)cc(OC)c1O. The molecule has 0 spiro atoms. The predicted octanol–water partition coefficient (Wildman–Crippen LogP) is 3.96. The predicted molar refractivity (Wildman–Crippen MR) is 113 cm³/mol. The van der Waals surface area contributed by atoms with Gasteiger partial charge in [0.25, 0.3) is 0 Å². The van der Waals surface area contributed by atoms with Crippen LogP contribution < -0.4 is 14.9 Å². The maximum absolute atomic E-state index is 12.4. The third kappa shape index (κ3) is 4.70. The van der Waals surface area contributed by atoms with Crippen molar-refractivity contribution in [3.8, 4) is 17.2 Å². The van der Waals surface area contributed by atoms with E-state index < -0.39 is 0 Å². The lowest BCUT2D eigenvalue weighted by molar-refractivity contribution is -0.122. The Morgan fingerprint density at radius 1 is 1.14 bits per heavy atom. The van der Waals surface area contributed by atoms with Gasteiger partial charge >= 0.3 is 0 Å². The lowest BCUT2D eigenvalue weighted by Crippen LogP contribution is -2.20. The van der Waals surface area contributed by atoms with E-state index in [4.69, 9.17) is 9.47 Å². The number of hydrogen-bond acceptors (Lipinski definition) is 5. The van der Waals surface area contributed by atoms with Crippen molar-refractivity contribution in [3.63, 3.8) is 0 Å². The van der Waals surface area contributed by atoms with Gasteiger partial charge in [-0.2, -0.15) is 5.10 Å². The average Bonchev–Trinajstić information content (AvgIpc) is 3.49. The van der Waals surface area contributed by atoms with Crippen molar-refractivity contribution in [2.75, 3.05) is 14.2 Å². The third-order valence-corrected chi connectivity index (χ3v) is 5.22. The summed E-state index contributed by atoms with van der Waals surface area (Å²) < 4.78 is 10.2. The summed E-state index contributed by atoms with van der Waals surface area (Å²) in [5, 5.41) is 14.0. The molecule has 1 amide bonds. The van der Waals surface area contributed by atoms with Crippen LogP contribution in [0.25, 0.3) is 0 Å². The molecular formula is C23H28N2O4. The van der Waals surface area contributed by atoms with E-state index >= 15 is 0 Å². The topological polar surface area (TPSA) is 80.2 Å². The van der Waals surface area contributed by atoms with Gasteiger partial charge in [-0.25, -0.2) is 5.43 Å². The fourth-order valence-electron chi connectivity index (χ4n) is 3.33. The van der Waals surface area contributed by atoms with Crippen LogP contribution >= 0.6 is 0 Å². The molecule has 0 radical (unpaired) electrons. The molecule has 0 heterocycles. The smallest absolute Gasteiger partial charge is 0.243 e. The Balaban J connectivity index is 1.60. The molecule has 2 atom stereocenters. The highest BCUT2D eigenvalue weighted by molar-refractivity contribution is 5.86. The lowest BCUT2D eigenvalue weighted by Gasteiger charge is -2.19. The van der Waals surface area contributed by atoms with E-state index in [1.54, 1.807) is 12.1 Å². The number of amides is 1. The van der Waals surface area contributed by atoms with Crippen LogP contribution in [0.2, 0.25) is 0 Å². The maximum Gasteiger partial charge on any atom is 0.243 e. The van der Waals surface area contributed by atoms with Gasteiger partial charge in [0.05, 0.1) is 20.4 Å². The second kappa shape index (κ2) is 8.15. The van der Waals surface area contributed by atoms with Crippen molar-refractivity contribution in [1.82, 2.24) is 5.43 Å². The number of methoxy groups -OCH3 is 2. The summed E-state index contributed by atoms with van der Waals surface area (Å²) in [7, 11) is 2.91. The molecule has 0 aromatic heterocycles. The Kier molecular flexibility index (Phi) is 5.82. The van der Waals surface area contributed by atoms with Gasteiger partial charge in [-0.05, 0) is 41.0 Å². The van der Waals surface area contributed by atoms with Gasteiger partial charge in [-0.1, -0.05) is 45.0 Å². The molecule has 0 bridgehead atoms. The number of nitrogens with zero attached hydrogens (tertiary/aromatic N) is 1. The molecule has 0 saturated heterocycles. The highest BCUT2D eigenvalue weighted by Crippen LogP contribution is 2.47. The van der Waals surface area contributed by atoms with Crippen LogP contribution in [0.15, 0.2) is 41.5 Å². The van der Waals surface area contributed by atoms with E-state index in [1.807, 2.05) is 0 Å². The van der Waals surface area contributed by atoms with Crippen LogP contribution in [-0.4, -0.2) is 31.4 Å². The maximum atomic E-state index is 12.4. The number of aromatic hydroxyl groups is 1. The summed E-state index contributed by atoms with van der Waals surface area (Å²) in [4.78, 5) is 12.4. The molecule has 2 aromatic carbocycles. The fourth-order valence-corrected chi connectivity index (χ4v) is 3.33. The van der Waals surface area contributed by atoms with Gasteiger partial charge in [0.15, 0.2) is 11.5 Å². The number of benzene rings is 2. The zero-order chi connectivity index (χ0) is 21.2. The van der Waals surface area contributed by atoms with Crippen molar-refractivity contribution < 1.29 is 19.4 Å². The highest BCUT2D eigenvalue weighted by atomic mass is 16.5. The van der Waals surface area contributed by atoms with Gasteiger partial charge in [0, 0.05) is 11.5 Å². The molecule has 2 unspecified atom stereocenters. The Morgan fingerprint density at radius 3 is 2.24 bits per heavy atom. The highest BCUT2D eigenvalue weighted by Gasteiger charge is 2.44. The first-order valence-corrected chi connectivity index (χ1v) is 9.63. The summed E-state index contributed by atoms with van der Waals surface area (Å²) in [5.74, 6) is 0.569. The number of hydrazone groups is 1. The Labute approximate surface area is 171 Å². The number of rotatable bonds is 6. The Hall–Kier alpha value is -3.02. The standard InChI is InChI=1S/C23H28N2O4/c1-23(2,3)16-8-6-15(7-9-16)17-12-18(17)22(27)25-24-13-14-10-19(28-4)21(26)20(11-14)29-5/h6-11,13,17-18,26H,12H2,1-5H3,(H,25,27)/b24-13-.